The molecule has 0 atom stereocenters. The number of nitrogens with zero attached hydrogens (tertiary/aromatic N) is 1. The monoisotopic (exact) mass is 222 g/mol. The molecule has 2 rings (SSSR count). The molecule has 16 heavy (non-hydrogen) atoms. The molecule has 2 N–H and O–H groups in total. The average molecular weight is 222 g/mol. The molecule has 1 amide bonds. The number of aliphatic hydroxyl groups is 1. The Balaban J connectivity index is 2.05. The van der Waals surface area contributed by atoms with Gasteiger partial charge in [0.05, 0.1) is 24.3 Å². The van der Waals surface area contributed by atoms with Crippen molar-refractivity contribution in [1.29, 1.82) is 0 Å². The van der Waals surface area contributed by atoms with Crippen LogP contribution < -0.4 is 5.56 Å². The first-order valence-corrected chi connectivity index (χ1v) is 5.24. The Bertz CT molecular complexity index is 440. The van der Waals surface area contributed by atoms with Crippen LogP contribution in [0.15, 0.2) is 23.1 Å². The van der Waals surface area contributed by atoms with Crippen molar-refractivity contribution in [2.24, 2.45) is 0 Å². The normalized spacial score (nSPS) is 18.0. The summed E-state index contributed by atoms with van der Waals surface area (Å²) < 4.78 is 0. The quantitative estimate of drug-likeness (QED) is 0.738. The zero-order valence-electron chi connectivity index (χ0n) is 9.06. The molecule has 1 aromatic heterocycles. The van der Waals surface area contributed by atoms with Gasteiger partial charge in [0.2, 0.25) is 5.56 Å². The van der Waals surface area contributed by atoms with Crippen molar-refractivity contribution in [2.75, 3.05) is 13.1 Å². The molecule has 0 aromatic carbocycles. The van der Waals surface area contributed by atoms with E-state index in [2.05, 4.69) is 4.98 Å². The number of nitrogens with one attached hydrogen (secondary N) is 1. The summed E-state index contributed by atoms with van der Waals surface area (Å²) in [6, 6.07) is 2.81. The molecule has 1 fully saturated rings. The second-order valence-electron chi connectivity index (χ2n) is 4.18. The van der Waals surface area contributed by atoms with E-state index < -0.39 is 5.60 Å². The fraction of sp³-hybridized carbons (Fsp3) is 0.455. The van der Waals surface area contributed by atoms with E-state index in [9.17, 15) is 14.7 Å². The molecule has 1 aromatic rings. The maximum absolute atomic E-state index is 11.8. The van der Waals surface area contributed by atoms with Gasteiger partial charge in [0.15, 0.2) is 0 Å². The Hall–Kier alpha value is -1.62. The number of aromatic nitrogens is 1. The third kappa shape index (κ3) is 1.86. The molecule has 0 saturated carbocycles. The molecule has 5 heteroatoms. The van der Waals surface area contributed by atoms with Crippen molar-refractivity contribution in [1.82, 2.24) is 9.88 Å². The SMILES string of the molecule is CCC1(O)CN(C(=O)c2ccc(=O)[nH]c2)C1. The molecular formula is C11H14N2O3. The highest BCUT2D eigenvalue weighted by molar-refractivity contribution is 5.94. The lowest BCUT2D eigenvalue weighted by Crippen LogP contribution is -2.63. The van der Waals surface area contributed by atoms with Gasteiger partial charge in [0.1, 0.15) is 0 Å². The summed E-state index contributed by atoms with van der Waals surface area (Å²) in [5.74, 6) is -0.158. The summed E-state index contributed by atoms with van der Waals surface area (Å²) in [4.78, 5) is 26.7. The van der Waals surface area contributed by atoms with Crippen molar-refractivity contribution >= 4 is 5.91 Å². The number of β-amino-alcohol motifs (C(OH)–C–C–N with tert-alkyl or cyclic N) is 1. The highest BCUT2D eigenvalue weighted by atomic mass is 16.3. The minimum absolute atomic E-state index is 0.158. The Morgan fingerprint density at radius 1 is 1.56 bits per heavy atom. The van der Waals surface area contributed by atoms with Crippen LogP contribution in [0.5, 0.6) is 0 Å². The second-order valence-corrected chi connectivity index (χ2v) is 4.18. The number of hydrogen-bond acceptors (Lipinski definition) is 3. The van der Waals surface area contributed by atoms with Crippen molar-refractivity contribution in [3.05, 3.63) is 34.2 Å². The predicted molar refractivity (Wildman–Crippen MR) is 58.2 cm³/mol. The maximum atomic E-state index is 11.8. The first kappa shape index (κ1) is 10.9. The van der Waals surface area contributed by atoms with E-state index in [-0.39, 0.29) is 11.5 Å². The Labute approximate surface area is 92.7 Å². The van der Waals surface area contributed by atoms with Crippen LogP contribution >= 0.6 is 0 Å². The zero-order valence-corrected chi connectivity index (χ0v) is 9.06. The molecular weight excluding hydrogens is 208 g/mol. The van der Waals surface area contributed by atoms with Gasteiger partial charge in [-0.25, -0.2) is 0 Å². The molecule has 1 aliphatic heterocycles. The number of amides is 1. The average Bonchev–Trinajstić information content (AvgIpc) is 2.25. The minimum atomic E-state index is -0.724. The molecule has 0 bridgehead atoms. The lowest BCUT2D eigenvalue weighted by Gasteiger charge is -2.46. The van der Waals surface area contributed by atoms with E-state index in [0.717, 1.165) is 0 Å². The maximum Gasteiger partial charge on any atom is 0.255 e. The topological polar surface area (TPSA) is 73.4 Å². The summed E-state index contributed by atoms with van der Waals surface area (Å²) in [6.07, 6.45) is 2.04. The second kappa shape index (κ2) is 3.75. The molecule has 1 aliphatic rings. The van der Waals surface area contributed by atoms with Crippen molar-refractivity contribution in [3.8, 4) is 0 Å². The van der Waals surface area contributed by atoms with Crippen molar-refractivity contribution < 1.29 is 9.90 Å². The van der Waals surface area contributed by atoms with E-state index in [1.165, 1.54) is 18.3 Å². The Morgan fingerprint density at radius 3 is 2.75 bits per heavy atom. The highest BCUT2D eigenvalue weighted by Crippen LogP contribution is 2.25. The van der Waals surface area contributed by atoms with Crippen LogP contribution in [0.3, 0.4) is 0 Å². The summed E-state index contributed by atoms with van der Waals surface area (Å²) in [6.45, 7) is 2.62. The fourth-order valence-electron chi connectivity index (χ4n) is 1.76. The number of pyridine rings is 1. The molecule has 0 radical (unpaired) electrons. The fourth-order valence-corrected chi connectivity index (χ4v) is 1.76. The van der Waals surface area contributed by atoms with Gasteiger partial charge in [-0.3, -0.25) is 9.59 Å². The standard InChI is InChI=1S/C11H14N2O3/c1-2-11(16)6-13(7-11)10(15)8-3-4-9(14)12-5-8/h3-5,16H,2,6-7H2,1H3,(H,12,14). The van der Waals surface area contributed by atoms with Crippen LogP contribution in [0.4, 0.5) is 0 Å². The van der Waals surface area contributed by atoms with E-state index >= 15 is 0 Å². The van der Waals surface area contributed by atoms with Crippen molar-refractivity contribution in [3.63, 3.8) is 0 Å². The molecule has 0 spiro atoms. The number of hydrogen-bond donors (Lipinski definition) is 2. The number of rotatable bonds is 2. The molecule has 0 unspecified atom stereocenters. The van der Waals surface area contributed by atoms with Gasteiger partial charge in [-0.05, 0) is 12.5 Å². The van der Waals surface area contributed by atoms with E-state index in [0.29, 0.717) is 25.1 Å². The smallest absolute Gasteiger partial charge is 0.255 e. The van der Waals surface area contributed by atoms with Crippen LogP contribution in [0.2, 0.25) is 0 Å². The van der Waals surface area contributed by atoms with Crippen molar-refractivity contribution in [2.45, 2.75) is 18.9 Å². The number of likely N-dealkylation sites (tertiary alicyclic amines) is 1. The summed E-state index contributed by atoms with van der Waals surface area (Å²) >= 11 is 0. The van der Waals surface area contributed by atoms with Gasteiger partial charge in [0.25, 0.3) is 5.91 Å². The molecule has 0 aliphatic carbocycles. The highest BCUT2D eigenvalue weighted by Gasteiger charge is 2.42. The van der Waals surface area contributed by atoms with Crippen LogP contribution in [0.1, 0.15) is 23.7 Å². The first-order valence-electron chi connectivity index (χ1n) is 5.24. The summed E-state index contributed by atoms with van der Waals surface area (Å²) in [7, 11) is 0. The Morgan fingerprint density at radius 2 is 2.25 bits per heavy atom. The van der Waals surface area contributed by atoms with Crippen LogP contribution in [0, 0.1) is 0 Å². The zero-order chi connectivity index (χ0) is 11.8. The molecule has 2 heterocycles. The largest absolute Gasteiger partial charge is 0.386 e. The number of carbonyl (C=O) groups is 1. The van der Waals surface area contributed by atoms with Crippen LogP contribution in [-0.4, -0.2) is 39.6 Å². The number of H-pyrrole nitrogens is 1. The third-order valence-corrected chi connectivity index (χ3v) is 2.95. The molecule has 5 nitrogen and oxygen atoms in total. The minimum Gasteiger partial charge on any atom is -0.386 e. The molecule has 86 valence electrons. The number of carbonyl (C=O) groups excluding carboxylic acids is 1. The lowest BCUT2D eigenvalue weighted by atomic mass is 9.91. The van der Waals surface area contributed by atoms with Gasteiger partial charge >= 0.3 is 0 Å². The van der Waals surface area contributed by atoms with Crippen LogP contribution in [-0.2, 0) is 0 Å². The van der Waals surface area contributed by atoms with Gasteiger partial charge in [0, 0.05) is 12.3 Å². The third-order valence-electron chi connectivity index (χ3n) is 2.95. The predicted octanol–water partition coefficient (Wildman–Crippen LogP) is -0.0282. The van der Waals surface area contributed by atoms with E-state index in [1.807, 2.05) is 6.92 Å². The molecule has 1 saturated heterocycles. The first-order chi connectivity index (χ1) is 7.54. The number of aromatic amines is 1. The van der Waals surface area contributed by atoms with E-state index in [1.54, 1.807) is 4.90 Å². The lowest BCUT2D eigenvalue weighted by molar-refractivity contribution is -0.0826. The Kier molecular flexibility index (Phi) is 2.55. The van der Waals surface area contributed by atoms with E-state index in [4.69, 9.17) is 0 Å². The summed E-state index contributed by atoms with van der Waals surface area (Å²) in [5.41, 5.74) is -0.513. The van der Waals surface area contributed by atoms with Crippen LogP contribution in [0.25, 0.3) is 0 Å². The van der Waals surface area contributed by atoms with Gasteiger partial charge in [-0.15, -0.1) is 0 Å². The van der Waals surface area contributed by atoms with Gasteiger partial charge in [-0.1, -0.05) is 6.92 Å². The van der Waals surface area contributed by atoms with Gasteiger partial charge < -0.3 is 15.0 Å². The van der Waals surface area contributed by atoms with Gasteiger partial charge in [-0.2, -0.15) is 0 Å². The summed E-state index contributed by atoms with van der Waals surface area (Å²) in [5, 5.41) is 9.78.